The van der Waals surface area contributed by atoms with Crippen LogP contribution in [0.5, 0.6) is 0 Å². The lowest BCUT2D eigenvalue weighted by atomic mass is 9.97. The topological polar surface area (TPSA) is 71.3 Å². The highest BCUT2D eigenvalue weighted by atomic mass is 16.3. The zero-order chi connectivity index (χ0) is 15.2. The van der Waals surface area contributed by atoms with Gasteiger partial charge in [-0.1, -0.05) is 0 Å². The van der Waals surface area contributed by atoms with Crippen LogP contribution < -0.4 is 5.32 Å². The summed E-state index contributed by atoms with van der Waals surface area (Å²) < 4.78 is 5.12. The van der Waals surface area contributed by atoms with Gasteiger partial charge < -0.3 is 9.73 Å². The minimum atomic E-state index is -0.104. The van der Waals surface area contributed by atoms with Crippen LogP contribution in [0.2, 0.25) is 0 Å². The van der Waals surface area contributed by atoms with Crippen LogP contribution in [0, 0.1) is 5.92 Å². The predicted octanol–water partition coefficient (Wildman–Crippen LogP) is 1.71. The van der Waals surface area contributed by atoms with Gasteiger partial charge in [-0.2, -0.15) is 0 Å². The molecule has 6 nitrogen and oxygen atoms in total. The van der Waals surface area contributed by atoms with Crippen molar-refractivity contribution in [1.29, 1.82) is 0 Å². The van der Waals surface area contributed by atoms with Gasteiger partial charge in [0.15, 0.2) is 0 Å². The number of piperidine rings is 1. The summed E-state index contributed by atoms with van der Waals surface area (Å²) in [7, 11) is 0. The summed E-state index contributed by atoms with van der Waals surface area (Å²) in [4.78, 5) is 22.2. The first-order valence-corrected chi connectivity index (χ1v) is 7.58. The molecule has 0 spiro atoms. The van der Waals surface area contributed by atoms with Crippen molar-refractivity contribution in [2.45, 2.75) is 19.4 Å². The first-order valence-electron chi connectivity index (χ1n) is 7.58. The van der Waals surface area contributed by atoms with Crippen LogP contribution in [0.1, 0.15) is 28.8 Å². The fraction of sp³-hybridized carbons (Fsp3) is 0.438. The molecule has 0 radical (unpaired) electrons. The second-order valence-electron chi connectivity index (χ2n) is 5.71. The second-order valence-corrected chi connectivity index (χ2v) is 5.71. The fourth-order valence-corrected chi connectivity index (χ4v) is 2.86. The van der Waals surface area contributed by atoms with Gasteiger partial charge >= 0.3 is 0 Å². The summed E-state index contributed by atoms with van der Waals surface area (Å²) in [6, 6.07) is 2.00. The third-order valence-corrected chi connectivity index (χ3v) is 3.96. The Balaban J connectivity index is 1.47. The molecular formula is C16H20N4O2. The van der Waals surface area contributed by atoms with E-state index in [0.29, 0.717) is 18.0 Å². The van der Waals surface area contributed by atoms with E-state index >= 15 is 0 Å². The molecule has 0 saturated carbocycles. The average molecular weight is 300 g/mol. The number of rotatable bonds is 5. The molecule has 3 rings (SSSR count). The smallest absolute Gasteiger partial charge is 0.254 e. The molecule has 1 fully saturated rings. The predicted molar refractivity (Wildman–Crippen MR) is 81.1 cm³/mol. The SMILES string of the molecule is O=C(NC[C@H]1CCCN(Cc2ccoc2)C1)c1cncnc1. The normalized spacial score (nSPS) is 19.0. The van der Waals surface area contributed by atoms with Gasteiger partial charge in [0.25, 0.3) is 5.91 Å². The Kier molecular flexibility index (Phi) is 4.80. The van der Waals surface area contributed by atoms with Crippen molar-refractivity contribution in [2.24, 2.45) is 5.92 Å². The van der Waals surface area contributed by atoms with Crippen LogP contribution in [0.3, 0.4) is 0 Å². The summed E-state index contributed by atoms with van der Waals surface area (Å²) in [6.07, 6.45) is 10.3. The van der Waals surface area contributed by atoms with Crippen molar-refractivity contribution in [3.8, 4) is 0 Å². The van der Waals surface area contributed by atoms with Crippen molar-refractivity contribution < 1.29 is 9.21 Å². The summed E-state index contributed by atoms with van der Waals surface area (Å²) in [5.41, 5.74) is 1.71. The molecule has 6 heteroatoms. The van der Waals surface area contributed by atoms with Gasteiger partial charge in [0.1, 0.15) is 6.33 Å². The van der Waals surface area contributed by atoms with Gasteiger partial charge in [-0.3, -0.25) is 9.69 Å². The molecule has 2 aromatic heterocycles. The first kappa shape index (κ1) is 14.7. The van der Waals surface area contributed by atoms with E-state index in [1.807, 2.05) is 6.07 Å². The molecule has 2 aromatic rings. The van der Waals surface area contributed by atoms with Crippen molar-refractivity contribution >= 4 is 5.91 Å². The first-order chi connectivity index (χ1) is 10.8. The van der Waals surface area contributed by atoms with Crippen LogP contribution in [0.4, 0.5) is 0 Å². The van der Waals surface area contributed by atoms with Crippen LogP contribution in [0.15, 0.2) is 41.7 Å². The molecule has 116 valence electrons. The molecule has 1 N–H and O–H groups in total. The summed E-state index contributed by atoms with van der Waals surface area (Å²) in [5, 5.41) is 2.98. The van der Waals surface area contributed by atoms with E-state index in [2.05, 4.69) is 20.2 Å². The quantitative estimate of drug-likeness (QED) is 0.910. The van der Waals surface area contributed by atoms with Crippen LogP contribution in [-0.4, -0.2) is 40.4 Å². The monoisotopic (exact) mass is 300 g/mol. The Bertz CT molecular complexity index is 585. The molecule has 1 aliphatic heterocycles. The molecule has 0 aliphatic carbocycles. The summed E-state index contributed by atoms with van der Waals surface area (Å²) in [5.74, 6) is 0.377. The Morgan fingerprint density at radius 3 is 3.05 bits per heavy atom. The van der Waals surface area contributed by atoms with Crippen molar-refractivity contribution in [3.05, 3.63) is 48.4 Å². The molecule has 22 heavy (non-hydrogen) atoms. The van der Waals surface area contributed by atoms with Crippen LogP contribution in [-0.2, 0) is 6.54 Å². The van der Waals surface area contributed by atoms with E-state index in [4.69, 9.17) is 4.42 Å². The van der Waals surface area contributed by atoms with Gasteiger partial charge in [-0.25, -0.2) is 9.97 Å². The molecule has 3 heterocycles. The average Bonchev–Trinajstić information content (AvgIpc) is 3.07. The highest BCUT2D eigenvalue weighted by molar-refractivity contribution is 5.93. The Labute approximate surface area is 129 Å². The van der Waals surface area contributed by atoms with Crippen LogP contribution in [0.25, 0.3) is 0 Å². The molecule has 0 aromatic carbocycles. The highest BCUT2D eigenvalue weighted by Gasteiger charge is 2.21. The number of nitrogens with zero attached hydrogens (tertiary/aromatic N) is 3. The van der Waals surface area contributed by atoms with Crippen LogP contribution >= 0.6 is 0 Å². The number of hydrogen-bond donors (Lipinski definition) is 1. The molecule has 0 unspecified atom stereocenters. The van der Waals surface area contributed by atoms with Crippen molar-refractivity contribution in [2.75, 3.05) is 19.6 Å². The second kappa shape index (κ2) is 7.17. The van der Waals surface area contributed by atoms with Gasteiger partial charge in [0, 0.05) is 37.6 Å². The molecule has 0 bridgehead atoms. The summed E-state index contributed by atoms with van der Waals surface area (Å²) in [6.45, 7) is 3.70. The van der Waals surface area contributed by atoms with Crippen molar-refractivity contribution in [3.63, 3.8) is 0 Å². The number of aromatic nitrogens is 2. The number of nitrogens with one attached hydrogen (secondary N) is 1. The lowest BCUT2D eigenvalue weighted by molar-refractivity contribution is 0.0930. The van der Waals surface area contributed by atoms with E-state index in [0.717, 1.165) is 32.5 Å². The molecule has 1 amide bonds. The molecule has 1 saturated heterocycles. The maximum Gasteiger partial charge on any atom is 0.254 e. The van der Waals surface area contributed by atoms with Gasteiger partial charge in [0.05, 0.1) is 18.1 Å². The number of amides is 1. The maximum absolute atomic E-state index is 12.0. The molecule has 1 atom stereocenters. The van der Waals surface area contributed by atoms with E-state index in [1.165, 1.54) is 24.3 Å². The van der Waals surface area contributed by atoms with Gasteiger partial charge in [-0.05, 0) is 31.4 Å². The zero-order valence-electron chi connectivity index (χ0n) is 12.4. The van der Waals surface area contributed by atoms with Crippen molar-refractivity contribution in [1.82, 2.24) is 20.2 Å². The lowest BCUT2D eigenvalue weighted by Gasteiger charge is -2.32. The number of likely N-dealkylation sites (tertiary alicyclic amines) is 1. The number of carbonyl (C=O) groups is 1. The standard InChI is InChI=1S/C16H20N4O2/c21-16(15-7-17-12-18-8-15)19-6-13-2-1-4-20(9-13)10-14-3-5-22-11-14/h3,5,7-8,11-13H,1-2,4,6,9-10H2,(H,19,21)/t13-/m1/s1. The minimum Gasteiger partial charge on any atom is -0.472 e. The Hall–Kier alpha value is -2.21. The third-order valence-electron chi connectivity index (χ3n) is 3.96. The fourth-order valence-electron chi connectivity index (χ4n) is 2.86. The lowest BCUT2D eigenvalue weighted by Crippen LogP contribution is -2.40. The minimum absolute atomic E-state index is 0.104. The van der Waals surface area contributed by atoms with E-state index in [9.17, 15) is 4.79 Å². The third kappa shape index (κ3) is 3.92. The highest BCUT2D eigenvalue weighted by Crippen LogP contribution is 2.18. The van der Waals surface area contributed by atoms with Gasteiger partial charge in [0.2, 0.25) is 0 Å². The largest absolute Gasteiger partial charge is 0.472 e. The molecule has 1 aliphatic rings. The molecular weight excluding hydrogens is 280 g/mol. The van der Waals surface area contributed by atoms with E-state index in [1.54, 1.807) is 12.5 Å². The number of carbonyl (C=O) groups excluding carboxylic acids is 1. The maximum atomic E-state index is 12.0. The van der Waals surface area contributed by atoms with E-state index < -0.39 is 0 Å². The zero-order valence-corrected chi connectivity index (χ0v) is 12.4. The number of furan rings is 1. The van der Waals surface area contributed by atoms with E-state index in [-0.39, 0.29) is 5.91 Å². The number of hydrogen-bond acceptors (Lipinski definition) is 5. The summed E-state index contributed by atoms with van der Waals surface area (Å²) >= 11 is 0. The Morgan fingerprint density at radius 1 is 1.41 bits per heavy atom. The Morgan fingerprint density at radius 2 is 2.27 bits per heavy atom. The van der Waals surface area contributed by atoms with Gasteiger partial charge in [-0.15, -0.1) is 0 Å².